The van der Waals surface area contributed by atoms with E-state index in [1.54, 1.807) is 36.4 Å². The van der Waals surface area contributed by atoms with Gasteiger partial charge in [0.05, 0.1) is 45.1 Å². The third-order valence-corrected chi connectivity index (χ3v) is 17.8. The molecule has 0 saturated heterocycles. The Balaban J connectivity index is 1.18. The van der Waals surface area contributed by atoms with Crippen molar-refractivity contribution in [3.8, 4) is 0 Å². The number of nitrogen functional groups attached to an aromatic ring is 1. The highest BCUT2D eigenvalue weighted by molar-refractivity contribution is 7.86. The van der Waals surface area contributed by atoms with E-state index < -0.39 is 68.4 Å². The monoisotopic (exact) mass is 1160 g/mol. The van der Waals surface area contributed by atoms with E-state index in [0.29, 0.717) is 83.0 Å². The Morgan fingerprint density at radius 3 is 2.09 bits per heavy atom. The van der Waals surface area contributed by atoms with Crippen molar-refractivity contribution in [2.24, 2.45) is 0 Å². The second kappa shape index (κ2) is 22.4. The minimum absolute atomic E-state index is 0.0266. The molecule has 4 heterocycles. The van der Waals surface area contributed by atoms with Gasteiger partial charge in [0.25, 0.3) is 46.0 Å². The number of hydrogen-bond donors (Lipinski definition) is 7. The fraction of sp³-hybridized carbons (Fsp3) is 0.358. The summed E-state index contributed by atoms with van der Waals surface area (Å²) in [7, 11) is -17.7. The zero-order valence-electron chi connectivity index (χ0n) is 43.7. The third-order valence-electron chi connectivity index (χ3n) is 14.4. The van der Waals surface area contributed by atoms with Gasteiger partial charge in [-0.05, 0) is 135 Å². The molecule has 3 aliphatic rings. The van der Waals surface area contributed by atoms with Crippen molar-refractivity contribution in [3.05, 3.63) is 146 Å². The lowest BCUT2D eigenvalue weighted by atomic mass is 9.80. The Morgan fingerprint density at radius 1 is 0.785 bits per heavy atom. The number of anilines is 3. The van der Waals surface area contributed by atoms with Crippen molar-refractivity contribution in [1.82, 2.24) is 19.9 Å². The largest absolute Gasteiger partial charge is 0.379 e. The normalized spacial score (nSPS) is 17.6. The molecule has 1 aliphatic carbocycles. The van der Waals surface area contributed by atoms with E-state index in [1.807, 2.05) is 61.5 Å². The van der Waals surface area contributed by atoms with Crippen LogP contribution in [0.5, 0.6) is 0 Å². The number of H-pyrrole nitrogens is 1. The van der Waals surface area contributed by atoms with Crippen molar-refractivity contribution in [1.29, 1.82) is 0 Å². The van der Waals surface area contributed by atoms with Crippen molar-refractivity contribution >= 4 is 86.1 Å². The molecule has 79 heavy (non-hydrogen) atoms. The van der Waals surface area contributed by atoms with E-state index in [0.717, 1.165) is 16.7 Å². The number of carbonyl (C=O) groups excluding carboxylic acids is 1. The Bertz CT molecular complexity index is 3980. The maximum Gasteiger partial charge on any atom is 0.294 e. The van der Waals surface area contributed by atoms with Crippen molar-refractivity contribution in [2.45, 2.75) is 106 Å². The lowest BCUT2D eigenvalue weighted by Crippen LogP contribution is -2.28. The summed E-state index contributed by atoms with van der Waals surface area (Å²) >= 11 is 0. The Hall–Kier alpha value is -6.78. The maximum absolute atomic E-state index is 14.6. The van der Waals surface area contributed by atoms with Gasteiger partial charge >= 0.3 is 0 Å². The third kappa shape index (κ3) is 13.5. The predicted molar refractivity (Wildman–Crippen MR) is 298 cm³/mol. The number of nitrogens with zero attached hydrogens (tertiary/aromatic N) is 5. The molecular weight excluding hydrogens is 1100 g/mol. The summed E-state index contributed by atoms with van der Waals surface area (Å²) in [6, 6.07) is 15.4. The van der Waals surface area contributed by atoms with E-state index in [9.17, 15) is 61.5 Å². The molecule has 0 atom stereocenters. The van der Waals surface area contributed by atoms with Crippen LogP contribution in [0.3, 0.4) is 0 Å². The maximum atomic E-state index is 14.6. The first kappa shape index (κ1) is 58.4. The summed E-state index contributed by atoms with van der Waals surface area (Å²) in [4.78, 5) is 43.4. The van der Waals surface area contributed by atoms with Crippen LogP contribution >= 0.6 is 0 Å². The number of hydrogen-bond acceptors (Lipinski definition) is 16. The van der Waals surface area contributed by atoms with Gasteiger partial charge in [0.2, 0.25) is 11.6 Å². The summed E-state index contributed by atoms with van der Waals surface area (Å²) in [5, 5.41) is 3.23. The highest BCUT2D eigenvalue weighted by atomic mass is 32.2. The zero-order chi connectivity index (χ0) is 57.5. The van der Waals surface area contributed by atoms with Gasteiger partial charge in [-0.1, -0.05) is 26.0 Å². The molecule has 420 valence electrons. The van der Waals surface area contributed by atoms with Crippen LogP contribution in [-0.2, 0) is 57.8 Å². The van der Waals surface area contributed by atoms with Gasteiger partial charge in [0, 0.05) is 65.1 Å². The van der Waals surface area contributed by atoms with E-state index in [-0.39, 0.29) is 71.6 Å². The number of Topliss-reactive ketones (excluding diaryl/α,β-unsaturated/α-hetero) is 1. The van der Waals surface area contributed by atoms with Crippen molar-refractivity contribution < 1.29 is 61.3 Å². The molecule has 0 radical (unpaired) electrons. The van der Waals surface area contributed by atoms with Crippen LogP contribution in [0, 0.1) is 0 Å². The molecule has 0 saturated carbocycles. The summed E-state index contributed by atoms with van der Waals surface area (Å²) in [5.41, 5.74) is 11.2. The van der Waals surface area contributed by atoms with E-state index in [1.165, 1.54) is 30.5 Å². The molecule has 2 aliphatic heterocycles. The van der Waals surface area contributed by atoms with Gasteiger partial charge in [0.1, 0.15) is 6.54 Å². The topological polar surface area (TPSA) is 350 Å². The van der Waals surface area contributed by atoms with E-state index in [4.69, 9.17) is 5.73 Å². The van der Waals surface area contributed by atoms with Crippen molar-refractivity contribution in [2.75, 3.05) is 40.5 Å². The van der Waals surface area contributed by atoms with Crippen LogP contribution in [0.15, 0.2) is 128 Å². The van der Waals surface area contributed by atoms with E-state index in [2.05, 4.69) is 25.3 Å². The second-order valence-electron chi connectivity index (χ2n) is 20.7. The summed E-state index contributed by atoms with van der Waals surface area (Å²) in [5.74, 6) is -1.22. The second-order valence-corrected chi connectivity index (χ2v) is 26.7. The van der Waals surface area contributed by atoms with Crippen LogP contribution in [-0.4, -0.2) is 112 Å². The molecule has 2 aromatic heterocycles. The fourth-order valence-electron chi connectivity index (χ4n) is 10.4. The van der Waals surface area contributed by atoms with Crippen LogP contribution in [0.4, 0.5) is 23.0 Å². The van der Waals surface area contributed by atoms with Gasteiger partial charge in [-0.3, -0.25) is 32.8 Å². The van der Waals surface area contributed by atoms with Gasteiger partial charge in [-0.25, -0.2) is 9.97 Å². The molecule has 0 fully saturated rings. The number of unbranched alkanes of at least 4 members (excludes halogenated alkanes) is 2. The lowest BCUT2D eigenvalue weighted by Gasteiger charge is -2.27. The number of carbonyl (C=O) groups is 1. The number of aromatic amines is 1. The molecule has 0 amide bonds. The summed E-state index contributed by atoms with van der Waals surface area (Å²) < 4.78 is 137. The van der Waals surface area contributed by atoms with Gasteiger partial charge in [-0.15, -0.1) is 0 Å². The van der Waals surface area contributed by atoms with Crippen LogP contribution in [0.25, 0.3) is 11.2 Å². The minimum Gasteiger partial charge on any atom is -0.379 e. The first-order chi connectivity index (χ1) is 36.9. The fourth-order valence-corrected chi connectivity index (χ4v) is 12.6. The summed E-state index contributed by atoms with van der Waals surface area (Å²) in [6.45, 7) is 8.33. The molecule has 22 nitrogen and oxygen atoms in total. The SMILES string of the molecule is CC1(C)C(/C=C/C2=C(CC(=O)c3ccc(NCc4cnc5nc(N)[nH]c(=O)c5n4)cc3)C(=C\C=C3/N(CCCCS(=O)(=O)O)c4ccc(S(=O)(=O)O)cc4C3(C)C)/CCC2)=[N+](CCCCS(=O)(=O)O)c2ccc(S(=O)(=O)O)cc21. The summed E-state index contributed by atoms with van der Waals surface area (Å²) in [6.07, 6.45) is 11.7. The Morgan fingerprint density at radius 2 is 1.43 bits per heavy atom. The molecule has 8 N–H and O–H groups in total. The minimum atomic E-state index is -4.59. The van der Waals surface area contributed by atoms with Gasteiger partial charge < -0.3 is 16.0 Å². The molecule has 0 spiro atoms. The highest BCUT2D eigenvalue weighted by Gasteiger charge is 2.45. The molecular formula is C53H61N8O14S4+. The zero-order valence-corrected chi connectivity index (χ0v) is 46.9. The smallest absolute Gasteiger partial charge is 0.294 e. The first-order valence-electron chi connectivity index (χ1n) is 25.2. The standard InChI is InChI=1S/C53H60N8O14S4/c1-52(2)41-28-38(78(70,71)72)18-20-43(41)60(24-5-7-26-76(64,65)66)46(52)22-14-33-10-9-11-34(15-23-47-53(3,4)42-29-39(79(73,74)75)19-21-44(42)61(47)25-6-8-27-77(67,68)69)40(33)30-45(62)35-12-16-36(17-13-35)55-31-37-32-56-49-48(57-37)50(63)59-51(54)58-49/h12-23,28-29,32H,5-11,24-27,30-31H2,1-4H3,(H7-,54,55,56,58,59,62,63,64,65,66,67,68,69,70,71,72,73,74,75)/p+1. The first-order valence-corrected chi connectivity index (χ1v) is 31.3. The Kier molecular flexibility index (Phi) is 16.5. The molecule has 0 bridgehead atoms. The number of benzene rings is 3. The number of nitrogens with two attached hydrogens (primary N) is 1. The Labute approximate surface area is 458 Å². The number of aromatic nitrogens is 4. The number of fused-ring (bicyclic) bond motifs is 3. The number of allylic oxidation sites excluding steroid dienone is 8. The quantitative estimate of drug-likeness (QED) is 0.0168. The van der Waals surface area contributed by atoms with E-state index >= 15 is 0 Å². The van der Waals surface area contributed by atoms with Crippen LogP contribution in [0.1, 0.15) is 106 Å². The lowest BCUT2D eigenvalue weighted by molar-refractivity contribution is -0.438. The predicted octanol–water partition coefficient (Wildman–Crippen LogP) is 7.03. The highest BCUT2D eigenvalue weighted by Crippen LogP contribution is 2.49. The number of rotatable bonds is 21. The van der Waals surface area contributed by atoms with Crippen molar-refractivity contribution in [3.63, 3.8) is 0 Å². The number of ketones is 1. The average molecular weight is 1160 g/mol. The van der Waals surface area contributed by atoms with Crippen LogP contribution in [0.2, 0.25) is 0 Å². The van der Waals surface area contributed by atoms with Crippen LogP contribution < -0.4 is 21.5 Å². The molecule has 0 unspecified atom stereocenters. The molecule has 5 aromatic rings. The van der Waals surface area contributed by atoms with Gasteiger partial charge in [0.15, 0.2) is 22.7 Å². The molecule has 3 aromatic carbocycles. The van der Waals surface area contributed by atoms with Gasteiger partial charge in [-0.2, -0.15) is 43.2 Å². The average Bonchev–Trinajstić information content (AvgIpc) is 3.84. The molecule has 26 heteroatoms. The number of nitrogens with one attached hydrogen (secondary N) is 2. The molecule has 8 rings (SSSR count).